The Kier molecular flexibility index (Phi) is 4.79. The third-order valence-corrected chi connectivity index (χ3v) is 2.03. The second-order valence-electron chi connectivity index (χ2n) is 3.52. The van der Waals surface area contributed by atoms with Crippen LogP contribution >= 0.6 is 0 Å². The van der Waals surface area contributed by atoms with Crippen LogP contribution in [0, 0.1) is 13.8 Å². The summed E-state index contributed by atoms with van der Waals surface area (Å²) in [7, 11) is 0. The highest BCUT2D eigenvalue weighted by atomic mass is 16.7. The predicted molar refractivity (Wildman–Crippen MR) is 61.2 cm³/mol. The number of aryl methyl sites for hydroxylation is 2. The van der Waals surface area contributed by atoms with Crippen molar-refractivity contribution < 1.29 is 14.4 Å². The maximum atomic E-state index is 11.2. The standard InChI is InChI=1S/C12H17NO3/c1-4-16-13-12(14)8-15-11-7-9(2)5-6-10(11)3/h5-7H,4,8H2,1-3H3,(H,13,14). The molecule has 0 fully saturated rings. The topological polar surface area (TPSA) is 47.6 Å². The average Bonchev–Trinajstić information content (AvgIpc) is 2.27. The summed E-state index contributed by atoms with van der Waals surface area (Å²) >= 11 is 0. The average molecular weight is 223 g/mol. The summed E-state index contributed by atoms with van der Waals surface area (Å²) in [5.74, 6) is 0.439. The second kappa shape index (κ2) is 6.12. The van der Waals surface area contributed by atoms with Crippen molar-refractivity contribution in [3.8, 4) is 5.75 Å². The van der Waals surface area contributed by atoms with Crippen LogP contribution in [0.1, 0.15) is 18.1 Å². The molecule has 1 rings (SSSR count). The van der Waals surface area contributed by atoms with Crippen LogP contribution in [-0.4, -0.2) is 19.1 Å². The summed E-state index contributed by atoms with van der Waals surface area (Å²) < 4.78 is 5.38. The van der Waals surface area contributed by atoms with Crippen LogP contribution in [0.25, 0.3) is 0 Å². The quantitative estimate of drug-likeness (QED) is 0.774. The number of benzene rings is 1. The van der Waals surface area contributed by atoms with Crippen LogP contribution in [0.2, 0.25) is 0 Å². The molecule has 0 radical (unpaired) electrons. The third kappa shape index (κ3) is 3.90. The zero-order valence-corrected chi connectivity index (χ0v) is 9.87. The first-order valence-electron chi connectivity index (χ1n) is 5.24. The van der Waals surface area contributed by atoms with Gasteiger partial charge >= 0.3 is 0 Å². The first kappa shape index (κ1) is 12.5. The van der Waals surface area contributed by atoms with E-state index in [0.717, 1.165) is 16.9 Å². The molecule has 0 heterocycles. The molecule has 1 amide bonds. The molecule has 0 aromatic heterocycles. The Morgan fingerprint density at radius 2 is 2.12 bits per heavy atom. The maximum Gasteiger partial charge on any atom is 0.281 e. The van der Waals surface area contributed by atoms with Crippen LogP contribution in [0.15, 0.2) is 18.2 Å². The van der Waals surface area contributed by atoms with E-state index in [9.17, 15) is 4.79 Å². The van der Waals surface area contributed by atoms with Crippen LogP contribution in [0.5, 0.6) is 5.75 Å². The van der Waals surface area contributed by atoms with Crippen LogP contribution < -0.4 is 10.2 Å². The van der Waals surface area contributed by atoms with Crippen molar-refractivity contribution in [2.45, 2.75) is 20.8 Å². The van der Waals surface area contributed by atoms with Gasteiger partial charge in [-0.25, -0.2) is 5.48 Å². The van der Waals surface area contributed by atoms with E-state index in [4.69, 9.17) is 9.57 Å². The van der Waals surface area contributed by atoms with Gasteiger partial charge in [-0.3, -0.25) is 9.63 Å². The summed E-state index contributed by atoms with van der Waals surface area (Å²) in [5, 5.41) is 0. The van der Waals surface area contributed by atoms with Gasteiger partial charge in [0.05, 0.1) is 6.61 Å². The zero-order valence-electron chi connectivity index (χ0n) is 9.87. The SMILES string of the molecule is CCONC(=O)COc1cc(C)ccc1C. The first-order chi connectivity index (χ1) is 7.63. The summed E-state index contributed by atoms with van der Waals surface area (Å²) in [4.78, 5) is 16.0. The summed E-state index contributed by atoms with van der Waals surface area (Å²) in [6, 6.07) is 5.87. The number of hydrogen-bond donors (Lipinski definition) is 1. The van der Waals surface area contributed by atoms with Gasteiger partial charge in [0.25, 0.3) is 5.91 Å². The number of ether oxygens (including phenoxy) is 1. The van der Waals surface area contributed by atoms with Crippen molar-refractivity contribution >= 4 is 5.91 Å². The molecule has 0 saturated heterocycles. The Bertz CT molecular complexity index is 363. The molecule has 0 bridgehead atoms. The lowest BCUT2D eigenvalue weighted by molar-refractivity contribution is -0.135. The maximum absolute atomic E-state index is 11.2. The Balaban J connectivity index is 2.47. The fourth-order valence-electron chi connectivity index (χ4n) is 1.19. The Morgan fingerprint density at radius 1 is 1.38 bits per heavy atom. The van der Waals surface area contributed by atoms with E-state index >= 15 is 0 Å². The van der Waals surface area contributed by atoms with Crippen LogP contribution in [0.3, 0.4) is 0 Å². The van der Waals surface area contributed by atoms with Gasteiger partial charge in [0.2, 0.25) is 0 Å². The smallest absolute Gasteiger partial charge is 0.281 e. The van der Waals surface area contributed by atoms with E-state index in [1.807, 2.05) is 32.0 Å². The molecule has 0 saturated carbocycles. The van der Waals surface area contributed by atoms with Crippen molar-refractivity contribution in [1.29, 1.82) is 0 Å². The molecule has 4 heteroatoms. The highest BCUT2D eigenvalue weighted by Gasteiger charge is 2.04. The van der Waals surface area contributed by atoms with E-state index in [0.29, 0.717) is 6.61 Å². The van der Waals surface area contributed by atoms with Crippen molar-refractivity contribution in [2.75, 3.05) is 13.2 Å². The Hall–Kier alpha value is -1.55. The Morgan fingerprint density at radius 3 is 2.81 bits per heavy atom. The number of amides is 1. The molecule has 0 aliphatic heterocycles. The minimum absolute atomic E-state index is 0.0374. The van der Waals surface area contributed by atoms with Crippen molar-refractivity contribution in [3.63, 3.8) is 0 Å². The molecule has 4 nitrogen and oxygen atoms in total. The number of hydroxylamine groups is 1. The lowest BCUT2D eigenvalue weighted by Crippen LogP contribution is -2.29. The molecular weight excluding hydrogens is 206 g/mol. The monoisotopic (exact) mass is 223 g/mol. The number of carbonyl (C=O) groups excluding carboxylic acids is 1. The molecule has 1 N–H and O–H groups in total. The fourth-order valence-corrected chi connectivity index (χ4v) is 1.19. The number of hydrogen-bond acceptors (Lipinski definition) is 3. The van der Waals surface area contributed by atoms with E-state index in [2.05, 4.69) is 5.48 Å². The first-order valence-corrected chi connectivity index (χ1v) is 5.24. The normalized spacial score (nSPS) is 9.94. The molecule has 16 heavy (non-hydrogen) atoms. The van der Waals surface area contributed by atoms with Gasteiger partial charge in [-0.05, 0) is 38.0 Å². The van der Waals surface area contributed by atoms with Crippen molar-refractivity contribution in [2.24, 2.45) is 0 Å². The third-order valence-electron chi connectivity index (χ3n) is 2.03. The highest BCUT2D eigenvalue weighted by molar-refractivity contribution is 5.76. The highest BCUT2D eigenvalue weighted by Crippen LogP contribution is 2.18. The van der Waals surface area contributed by atoms with Gasteiger partial charge in [0.1, 0.15) is 5.75 Å². The summed E-state index contributed by atoms with van der Waals surface area (Å²) in [6.07, 6.45) is 0. The van der Waals surface area contributed by atoms with Crippen LogP contribution in [0.4, 0.5) is 0 Å². The van der Waals surface area contributed by atoms with Gasteiger partial charge in [0.15, 0.2) is 6.61 Å². The number of rotatable bonds is 5. The van der Waals surface area contributed by atoms with E-state index in [1.165, 1.54) is 0 Å². The van der Waals surface area contributed by atoms with Crippen molar-refractivity contribution in [3.05, 3.63) is 29.3 Å². The summed E-state index contributed by atoms with van der Waals surface area (Å²) in [6.45, 7) is 6.12. The lowest BCUT2D eigenvalue weighted by atomic mass is 10.1. The molecule has 0 atom stereocenters. The van der Waals surface area contributed by atoms with Gasteiger partial charge in [0, 0.05) is 0 Å². The van der Waals surface area contributed by atoms with Gasteiger partial charge < -0.3 is 4.74 Å². The van der Waals surface area contributed by atoms with Gasteiger partial charge in [-0.2, -0.15) is 0 Å². The van der Waals surface area contributed by atoms with Gasteiger partial charge in [-0.15, -0.1) is 0 Å². The molecule has 1 aromatic carbocycles. The van der Waals surface area contributed by atoms with E-state index < -0.39 is 0 Å². The molecule has 1 aromatic rings. The second-order valence-corrected chi connectivity index (χ2v) is 3.52. The molecule has 0 aliphatic rings. The minimum Gasteiger partial charge on any atom is -0.483 e. The molecular formula is C12H17NO3. The molecule has 0 aliphatic carbocycles. The predicted octanol–water partition coefficient (Wildman–Crippen LogP) is 1.75. The van der Waals surface area contributed by atoms with E-state index in [1.54, 1.807) is 6.92 Å². The zero-order chi connectivity index (χ0) is 12.0. The summed E-state index contributed by atoms with van der Waals surface area (Å²) in [5.41, 5.74) is 4.38. The van der Waals surface area contributed by atoms with Crippen molar-refractivity contribution in [1.82, 2.24) is 5.48 Å². The minimum atomic E-state index is -0.289. The number of carbonyl (C=O) groups is 1. The van der Waals surface area contributed by atoms with E-state index in [-0.39, 0.29) is 12.5 Å². The fraction of sp³-hybridized carbons (Fsp3) is 0.417. The molecule has 0 unspecified atom stereocenters. The largest absolute Gasteiger partial charge is 0.483 e. The van der Waals surface area contributed by atoms with Crippen LogP contribution in [-0.2, 0) is 9.63 Å². The Labute approximate surface area is 95.5 Å². The van der Waals surface area contributed by atoms with Gasteiger partial charge in [-0.1, -0.05) is 12.1 Å². The molecule has 88 valence electrons. The molecule has 0 spiro atoms. The lowest BCUT2D eigenvalue weighted by Gasteiger charge is -2.09. The number of nitrogens with one attached hydrogen (secondary N) is 1.